The van der Waals surface area contributed by atoms with Crippen molar-refractivity contribution < 1.29 is 13.2 Å². The Kier molecular flexibility index (Phi) is 3.62. The van der Waals surface area contributed by atoms with E-state index >= 15 is 0 Å². The van der Waals surface area contributed by atoms with Crippen molar-refractivity contribution in [3.05, 3.63) is 30.7 Å². The molecule has 12 heavy (non-hydrogen) atoms. The van der Waals surface area contributed by atoms with E-state index in [4.69, 9.17) is 0 Å². The van der Waals surface area contributed by atoms with Crippen molar-refractivity contribution in [2.24, 2.45) is 0 Å². The summed E-state index contributed by atoms with van der Waals surface area (Å²) >= 11 is 3.61. The first-order valence-electron chi connectivity index (χ1n) is 2.95. The van der Waals surface area contributed by atoms with Gasteiger partial charge in [0.15, 0.2) is 0 Å². The monoisotopic (exact) mass is 398 g/mol. The summed E-state index contributed by atoms with van der Waals surface area (Å²) in [5.74, 6) is -0.616. The zero-order valence-electron chi connectivity index (χ0n) is 5.62. The fraction of sp³-hybridized carbons (Fsp3) is 0.143. The van der Waals surface area contributed by atoms with Gasteiger partial charge in [-0.2, -0.15) is 0 Å². The number of hydrogen-bond acceptors (Lipinski definition) is 0. The highest BCUT2D eigenvalue weighted by Crippen LogP contribution is 2.28. The highest BCUT2D eigenvalue weighted by atomic mass is 127. The number of benzene rings is 1. The summed E-state index contributed by atoms with van der Waals surface area (Å²) in [6.45, 7) is 0. The predicted octanol–water partition coefficient (Wildman–Crippen LogP) is 3.97. The Hall–Kier alpha value is 0.470. The molecular weight excluding hydrogens is 395 g/mol. The predicted molar refractivity (Wildman–Crippen MR) is 56.8 cm³/mol. The average Bonchev–Trinajstić information content (AvgIpc) is 1.96. The topological polar surface area (TPSA) is 0 Å². The second-order valence-corrected chi connectivity index (χ2v) is 4.33. The molecule has 0 saturated carbocycles. The van der Waals surface area contributed by atoms with Crippen molar-refractivity contribution >= 4 is 45.2 Å². The molecule has 0 fully saturated rings. The largest absolute Gasteiger partial charge is 0.265 e. The van der Waals surface area contributed by atoms with Gasteiger partial charge in [0.25, 0.3) is 6.43 Å². The molecular formula is C7H3F3I2. The lowest BCUT2D eigenvalue weighted by molar-refractivity contribution is 0.150. The van der Waals surface area contributed by atoms with Crippen molar-refractivity contribution in [1.29, 1.82) is 0 Å². The van der Waals surface area contributed by atoms with Crippen molar-refractivity contribution in [2.75, 3.05) is 0 Å². The Morgan fingerprint density at radius 1 is 1.17 bits per heavy atom. The molecule has 5 heteroatoms. The molecule has 1 aromatic rings. The fourth-order valence-electron chi connectivity index (χ4n) is 0.735. The van der Waals surface area contributed by atoms with Crippen LogP contribution >= 0.6 is 45.2 Å². The highest BCUT2D eigenvalue weighted by molar-refractivity contribution is 14.1. The van der Waals surface area contributed by atoms with E-state index in [1.54, 1.807) is 22.6 Å². The molecule has 1 rings (SSSR count). The van der Waals surface area contributed by atoms with Gasteiger partial charge in [-0.15, -0.1) is 0 Å². The van der Waals surface area contributed by atoms with Crippen LogP contribution in [0.25, 0.3) is 0 Å². The first-order valence-corrected chi connectivity index (χ1v) is 5.10. The van der Waals surface area contributed by atoms with E-state index in [1.165, 1.54) is 6.07 Å². The molecule has 0 N–H and O–H groups in total. The highest BCUT2D eigenvalue weighted by Gasteiger charge is 2.14. The Labute approximate surface area is 94.8 Å². The van der Waals surface area contributed by atoms with E-state index in [2.05, 4.69) is 0 Å². The molecule has 0 aromatic heterocycles. The van der Waals surface area contributed by atoms with Crippen molar-refractivity contribution in [1.82, 2.24) is 0 Å². The first kappa shape index (κ1) is 10.6. The van der Waals surface area contributed by atoms with Crippen LogP contribution in [0.4, 0.5) is 13.2 Å². The number of hydrogen-bond donors (Lipinski definition) is 0. The second-order valence-electron chi connectivity index (χ2n) is 2.09. The summed E-state index contributed by atoms with van der Waals surface area (Å²) in [5, 5.41) is 0. The lowest BCUT2D eigenvalue weighted by atomic mass is 10.2. The van der Waals surface area contributed by atoms with Gasteiger partial charge in [0.1, 0.15) is 5.82 Å². The SMILES string of the molecule is Fc1cc(I)c(I)c(C(F)F)c1. The number of halogens is 5. The summed E-state index contributed by atoms with van der Waals surface area (Å²) in [5.41, 5.74) is -0.236. The molecule has 0 aliphatic heterocycles. The van der Waals surface area contributed by atoms with Crippen LogP contribution in [0.1, 0.15) is 12.0 Å². The first-order chi connectivity index (χ1) is 5.52. The third-order valence-corrected chi connectivity index (χ3v) is 4.34. The zero-order valence-corrected chi connectivity index (χ0v) is 9.94. The van der Waals surface area contributed by atoms with Gasteiger partial charge in [-0.05, 0) is 57.3 Å². The minimum atomic E-state index is -2.61. The molecule has 0 heterocycles. The molecule has 0 radical (unpaired) electrons. The third kappa shape index (κ3) is 2.24. The molecule has 1 aromatic carbocycles. The van der Waals surface area contributed by atoms with Gasteiger partial charge in [-0.25, -0.2) is 13.2 Å². The number of alkyl halides is 2. The van der Waals surface area contributed by atoms with Crippen LogP contribution < -0.4 is 0 Å². The maximum atomic E-state index is 12.6. The summed E-state index contributed by atoms with van der Waals surface area (Å²) in [6.07, 6.45) is -2.61. The van der Waals surface area contributed by atoms with Crippen LogP contribution in [-0.4, -0.2) is 0 Å². The fourth-order valence-corrected chi connectivity index (χ4v) is 1.89. The molecule has 0 saturated heterocycles. The summed E-state index contributed by atoms with van der Waals surface area (Å²) in [4.78, 5) is 0. The van der Waals surface area contributed by atoms with Crippen LogP contribution in [0, 0.1) is 13.0 Å². The van der Waals surface area contributed by atoms with Gasteiger partial charge >= 0.3 is 0 Å². The molecule has 0 nitrogen and oxygen atoms in total. The van der Waals surface area contributed by atoms with Crippen LogP contribution in [-0.2, 0) is 0 Å². The molecule has 66 valence electrons. The Morgan fingerprint density at radius 2 is 1.75 bits per heavy atom. The van der Waals surface area contributed by atoms with Gasteiger partial charge in [0, 0.05) is 12.7 Å². The average molecular weight is 398 g/mol. The lowest BCUT2D eigenvalue weighted by Crippen LogP contribution is -1.94. The molecule has 0 unspecified atom stereocenters. The quantitative estimate of drug-likeness (QED) is 0.497. The van der Waals surface area contributed by atoms with Gasteiger partial charge in [0.05, 0.1) is 0 Å². The van der Waals surface area contributed by atoms with Crippen molar-refractivity contribution in [3.63, 3.8) is 0 Å². The van der Waals surface area contributed by atoms with Crippen molar-refractivity contribution in [2.45, 2.75) is 6.43 Å². The summed E-state index contributed by atoms with van der Waals surface area (Å²) in [7, 11) is 0. The maximum Gasteiger partial charge on any atom is 0.265 e. The second kappa shape index (κ2) is 4.12. The Morgan fingerprint density at radius 3 is 2.25 bits per heavy atom. The standard InChI is InChI=1S/C7H3F3I2/c8-3-1-4(7(9)10)6(12)5(11)2-3/h1-2,7H. The van der Waals surface area contributed by atoms with E-state index in [1.807, 2.05) is 22.6 Å². The van der Waals surface area contributed by atoms with E-state index in [0.29, 0.717) is 7.14 Å². The lowest BCUT2D eigenvalue weighted by Gasteiger charge is -2.04. The van der Waals surface area contributed by atoms with Crippen LogP contribution in [0.2, 0.25) is 0 Å². The van der Waals surface area contributed by atoms with Gasteiger partial charge in [-0.3, -0.25) is 0 Å². The van der Waals surface area contributed by atoms with E-state index in [0.717, 1.165) is 6.07 Å². The Bertz CT molecular complexity index is 299. The number of rotatable bonds is 1. The molecule has 0 amide bonds. The van der Waals surface area contributed by atoms with Crippen LogP contribution in [0.5, 0.6) is 0 Å². The Balaban J connectivity index is 3.28. The molecule has 0 aliphatic carbocycles. The minimum Gasteiger partial charge on any atom is -0.207 e. The van der Waals surface area contributed by atoms with Crippen molar-refractivity contribution in [3.8, 4) is 0 Å². The van der Waals surface area contributed by atoms with Crippen LogP contribution in [0.3, 0.4) is 0 Å². The van der Waals surface area contributed by atoms with Gasteiger partial charge in [0.2, 0.25) is 0 Å². The zero-order chi connectivity index (χ0) is 9.30. The van der Waals surface area contributed by atoms with E-state index in [9.17, 15) is 13.2 Å². The molecule has 0 bridgehead atoms. The van der Waals surface area contributed by atoms with E-state index < -0.39 is 12.2 Å². The molecule has 0 aliphatic rings. The van der Waals surface area contributed by atoms with Gasteiger partial charge < -0.3 is 0 Å². The smallest absolute Gasteiger partial charge is 0.207 e. The summed E-state index contributed by atoms with van der Waals surface area (Å²) in [6, 6.07) is 2.10. The minimum absolute atomic E-state index is 0.236. The normalized spacial score (nSPS) is 10.8. The molecule has 0 atom stereocenters. The van der Waals surface area contributed by atoms with Gasteiger partial charge in [-0.1, -0.05) is 0 Å². The molecule has 0 spiro atoms. The van der Waals surface area contributed by atoms with Crippen LogP contribution in [0.15, 0.2) is 12.1 Å². The third-order valence-electron chi connectivity index (χ3n) is 1.26. The van der Waals surface area contributed by atoms with E-state index in [-0.39, 0.29) is 5.56 Å². The maximum absolute atomic E-state index is 12.6. The summed E-state index contributed by atoms with van der Waals surface area (Å²) < 4.78 is 38.0.